The monoisotopic (exact) mass is 183 g/mol. The largest absolute Gasteiger partial charge is 0.426 e. The summed E-state index contributed by atoms with van der Waals surface area (Å²) in [4.78, 5) is 11.1. The first-order valence-electron chi connectivity index (χ1n) is 3.31. The minimum Gasteiger partial charge on any atom is -0.426 e. The molecule has 0 radical (unpaired) electrons. The van der Waals surface area contributed by atoms with E-state index in [1.807, 2.05) is 0 Å². The second-order valence-electron chi connectivity index (χ2n) is 2.25. The van der Waals surface area contributed by atoms with Crippen LogP contribution in [0.1, 0.15) is 10.4 Å². The van der Waals surface area contributed by atoms with Crippen molar-refractivity contribution < 1.29 is 13.8 Å². The Labute approximate surface area is 70.2 Å². The van der Waals surface area contributed by atoms with Crippen LogP contribution in [0.15, 0.2) is 24.3 Å². The van der Waals surface area contributed by atoms with E-state index in [9.17, 15) is 4.79 Å². The summed E-state index contributed by atoms with van der Waals surface area (Å²) in [5.74, 6) is 0.0906. The minimum atomic E-state index is -1.57. The Hall–Kier alpha value is -1.12. The van der Waals surface area contributed by atoms with Crippen LogP contribution in [-0.4, -0.2) is 5.97 Å². The van der Waals surface area contributed by atoms with Crippen molar-refractivity contribution in [1.82, 2.24) is 0 Å². The summed E-state index contributed by atoms with van der Waals surface area (Å²) in [5, 5.41) is 0. The Balaban J connectivity index is 2.47. The van der Waals surface area contributed by atoms with Gasteiger partial charge in [0.15, 0.2) is 0 Å². The average Bonchev–Trinajstić information content (AvgIpc) is 2.04. The molecule has 0 amide bonds. The molecule has 1 aliphatic rings. The zero-order valence-electron chi connectivity index (χ0n) is 6.06. The summed E-state index contributed by atoms with van der Waals surface area (Å²) in [6.45, 7) is 0. The molecule has 0 bridgehead atoms. The van der Waals surface area contributed by atoms with E-state index in [0.29, 0.717) is 11.3 Å². The van der Waals surface area contributed by atoms with Gasteiger partial charge in [0.2, 0.25) is 0 Å². The predicted octanol–water partition coefficient (Wildman–Crippen LogP) is 1.42. The molecule has 1 aliphatic heterocycles. The third-order valence-electron chi connectivity index (χ3n) is 1.47. The normalized spacial score (nSPS) is 20.8. The van der Waals surface area contributed by atoms with Crippen LogP contribution in [0.4, 0.5) is 0 Å². The number of carbonyl (C=O) groups is 1. The molecule has 1 unspecified atom stereocenters. The van der Waals surface area contributed by atoms with Gasteiger partial charge < -0.3 is 9.05 Å². The molecule has 0 aliphatic carbocycles. The number of hydrogen-bond acceptors (Lipinski definition) is 4. The van der Waals surface area contributed by atoms with Gasteiger partial charge in [0.05, 0.1) is 0 Å². The fourth-order valence-electron chi connectivity index (χ4n) is 0.961. The van der Waals surface area contributed by atoms with E-state index in [0.717, 1.165) is 0 Å². The number of fused-ring (bicyclic) bond motifs is 1. The van der Waals surface area contributed by atoms with Gasteiger partial charge in [0.25, 0.3) is 0 Å². The molecule has 1 heterocycles. The van der Waals surface area contributed by atoms with Gasteiger partial charge in [-0.2, -0.15) is 0 Å². The summed E-state index contributed by atoms with van der Waals surface area (Å²) in [6.07, 6.45) is 0. The first-order chi connectivity index (χ1) is 5.77. The third kappa shape index (κ3) is 1.15. The smallest absolute Gasteiger partial charge is 0.381 e. The number of nitrogens with two attached hydrogens (primary N) is 1. The number of hydrogen-bond donors (Lipinski definition) is 1. The highest BCUT2D eigenvalue weighted by Gasteiger charge is 2.25. The summed E-state index contributed by atoms with van der Waals surface area (Å²) >= 11 is 0. The van der Waals surface area contributed by atoms with E-state index in [-0.39, 0.29) is 0 Å². The lowest BCUT2D eigenvalue weighted by molar-refractivity contribution is 0.0721. The Morgan fingerprint density at radius 3 is 2.83 bits per heavy atom. The van der Waals surface area contributed by atoms with E-state index in [1.54, 1.807) is 24.3 Å². The molecule has 0 spiro atoms. The summed E-state index contributed by atoms with van der Waals surface area (Å²) in [7, 11) is -1.57. The molecular formula is C7H6NO3P. The molecule has 0 aromatic heterocycles. The predicted molar refractivity (Wildman–Crippen MR) is 43.6 cm³/mol. The molecule has 2 rings (SSSR count). The van der Waals surface area contributed by atoms with Gasteiger partial charge in [-0.3, -0.25) is 0 Å². The van der Waals surface area contributed by atoms with Crippen LogP contribution in [0.5, 0.6) is 5.75 Å². The van der Waals surface area contributed by atoms with Crippen molar-refractivity contribution in [3.8, 4) is 5.75 Å². The van der Waals surface area contributed by atoms with E-state index >= 15 is 0 Å². The summed E-state index contributed by atoms with van der Waals surface area (Å²) in [5.41, 5.74) is 5.77. The molecule has 4 nitrogen and oxygen atoms in total. The summed E-state index contributed by atoms with van der Waals surface area (Å²) in [6, 6.07) is 6.85. The fraction of sp³-hybridized carbons (Fsp3) is 0. The van der Waals surface area contributed by atoms with Crippen molar-refractivity contribution in [3.63, 3.8) is 0 Å². The SMILES string of the molecule is NP1OC(=O)c2ccccc2O1. The first kappa shape index (κ1) is 7.53. The first-order valence-corrected chi connectivity index (χ1v) is 4.56. The third-order valence-corrected chi connectivity index (χ3v) is 2.19. The second-order valence-corrected chi connectivity index (χ2v) is 3.19. The molecule has 1 aromatic rings. The molecule has 2 N–H and O–H groups in total. The Morgan fingerprint density at radius 2 is 2.00 bits per heavy atom. The average molecular weight is 183 g/mol. The van der Waals surface area contributed by atoms with Gasteiger partial charge in [-0.1, -0.05) is 12.1 Å². The van der Waals surface area contributed by atoms with E-state index in [2.05, 4.69) is 0 Å². The van der Waals surface area contributed by atoms with Crippen LogP contribution in [-0.2, 0) is 4.52 Å². The maximum Gasteiger partial charge on any atom is 0.381 e. The van der Waals surface area contributed by atoms with Crippen molar-refractivity contribution in [2.75, 3.05) is 0 Å². The molecule has 1 atom stereocenters. The lowest BCUT2D eigenvalue weighted by Gasteiger charge is -2.19. The van der Waals surface area contributed by atoms with Crippen LogP contribution in [0.25, 0.3) is 0 Å². The zero-order valence-corrected chi connectivity index (χ0v) is 6.95. The number of benzene rings is 1. The fourth-order valence-corrected chi connectivity index (χ4v) is 1.61. The molecule has 62 valence electrons. The van der Waals surface area contributed by atoms with Gasteiger partial charge in [0.1, 0.15) is 11.3 Å². The highest BCUT2D eigenvalue weighted by atomic mass is 31.2. The maximum absolute atomic E-state index is 11.1. The number of para-hydroxylation sites is 1. The molecule has 5 heteroatoms. The lowest BCUT2D eigenvalue weighted by Crippen LogP contribution is -2.15. The van der Waals surface area contributed by atoms with Crippen LogP contribution >= 0.6 is 8.53 Å². The zero-order chi connectivity index (χ0) is 8.55. The van der Waals surface area contributed by atoms with Crippen LogP contribution in [0, 0.1) is 0 Å². The second kappa shape index (κ2) is 2.73. The molecular weight excluding hydrogens is 177 g/mol. The van der Waals surface area contributed by atoms with Crippen molar-refractivity contribution in [3.05, 3.63) is 29.8 Å². The topological polar surface area (TPSA) is 61.5 Å². The van der Waals surface area contributed by atoms with Gasteiger partial charge in [-0.05, 0) is 12.1 Å². The Bertz CT molecular complexity index is 328. The van der Waals surface area contributed by atoms with Gasteiger partial charge >= 0.3 is 14.5 Å². The van der Waals surface area contributed by atoms with Gasteiger partial charge in [-0.25, -0.2) is 10.3 Å². The quantitative estimate of drug-likeness (QED) is 0.618. The number of carbonyl (C=O) groups excluding carboxylic acids is 1. The molecule has 0 saturated carbocycles. The van der Waals surface area contributed by atoms with Crippen LogP contribution < -0.4 is 10.0 Å². The van der Waals surface area contributed by atoms with Crippen LogP contribution in [0.2, 0.25) is 0 Å². The van der Waals surface area contributed by atoms with Crippen molar-refractivity contribution >= 4 is 14.5 Å². The maximum atomic E-state index is 11.1. The standard InChI is InChI=1S/C7H6NO3P/c8-12-10-6-4-2-1-3-5(6)7(9)11-12/h1-4H,8H2. The summed E-state index contributed by atoms with van der Waals surface area (Å²) < 4.78 is 9.80. The molecule has 0 saturated heterocycles. The van der Waals surface area contributed by atoms with Gasteiger partial charge in [0, 0.05) is 0 Å². The highest BCUT2D eigenvalue weighted by molar-refractivity contribution is 7.45. The van der Waals surface area contributed by atoms with Crippen molar-refractivity contribution in [2.24, 2.45) is 5.50 Å². The van der Waals surface area contributed by atoms with Crippen molar-refractivity contribution in [2.45, 2.75) is 0 Å². The Morgan fingerprint density at radius 1 is 1.25 bits per heavy atom. The number of rotatable bonds is 0. The van der Waals surface area contributed by atoms with Crippen molar-refractivity contribution in [1.29, 1.82) is 0 Å². The van der Waals surface area contributed by atoms with E-state index in [1.165, 1.54) is 0 Å². The van der Waals surface area contributed by atoms with Gasteiger partial charge in [-0.15, -0.1) is 0 Å². The molecule has 1 aromatic carbocycles. The highest BCUT2D eigenvalue weighted by Crippen LogP contribution is 2.39. The van der Waals surface area contributed by atoms with E-state index in [4.69, 9.17) is 14.6 Å². The minimum absolute atomic E-state index is 0.412. The van der Waals surface area contributed by atoms with E-state index < -0.39 is 14.5 Å². The van der Waals surface area contributed by atoms with Crippen LogP contribution in [0.3, 0.4) is 0 Å². The lowest BCUT2D eigenvalue weighted by atomic mass is 10.2. The Kier molecular flexibility index (Phi) is 1.71. The molecule has 12 heavy (non-hydrogen) atoms. The molecule has 0 fully saturated rings.